The number of fused-ring (bicyclic) bond motifs is 2. The van der Waals surface area contributed by atoms with Crippen LogP contribution in [-0.2, 0) is 0 Å². The second kappa shape index (κ2) is 18.6. The molecule has 0 saturated heterocycles. The van der Waals surface area contributed by atoms with Gasteiger partial charge in [0.25, 0.3) is 0 Å². The molecular formula is C62H46B2N8. The molecule has 340 valence electrons. The van der Waals surface area contributed by atoms with Crippen LogP contribution in [0.2, 0.25) is 0 Å². The molecule has 0 saturated carbocycles. The highest BCUT2D eigenvalue weighted by Crippen LogP contribution is 2.57. The molecule has 0 N–H and O–H groups in total. The van der Waals surface area contributed by atoms with E-state index in [4.69, 9.17) is 0 Å². The van der Waals surface area contributed by atoms with E-state index in [1.165, 1.54) is 10.9 Å². The molecule has 10 heteroatoms. The molecule has 4 aromatic heterocycles. The van der Waals surface area contributed by atoms with Crippen LogP contribution in [0.15, 0.2) is 261 Å². The van der Waals surface area contributed by atoms with E-state index in [0.29, 0.717) is 0 Å². The number of aromatic nitrogens is 4. The maximum Gasteiger partial charge on any atom is 0.420 e. The van der Waals surface area contributed by atoms with Gasteiger partial charge in [-0.05, 0) is 148 Å². The van der Waals surface area contributed by atoms with Crippen molar-refractivity contribution in [3.63, 3.8) is 0 Å². The van der Waals surface area contributed by atoms with Crippen LogP contribution in [0.5, 0.6) is 0 Å². The summed E-state index contributed by atoms with van der Waals surface area (Å²) in [5.74, 6) is 0. The van der Waals surface area contributed by atoms with E-state index in [1.54, 1.807) is 0 Å². The Labute approximate surface area is 420 Å². The van der Waals surface area contributed by atoms with Crippen LogP contribution >= 0.6 is 0 Å². The predicted octanol–water partition coefficient (Wildman–Crippen LogP) is 14.2. The third kappa shape index (κ3) is 7.79. The van der Waals surface area contributed by atoms with Gasteiger partial charge in [0, 0.05) is 72.3 Å². The highest BCUT2D eigenvalue weighted by atomic mass is 15.3. The number of pyridine rings is 4. The number of nitrogens with zero attached hydrogens (tertiary/aromatic N) is 8. The molecule has 2 aliphatic heterocycles. The van der Waals surface area contributed by atoms with Gasteiger partial charge < -0.3 is 19.2 Å². The van der Waals surface area contributed by atoms with Crippen molar-refractivity contribution in [3.8, 4) is 44.5 Å². The van der Waals surface area contributed by atoms with Gasteiger partial charge in [-0.25, -0.2) is 0 Å². The average molecular weight is 925 g/mol. The van der Waals surface area contributed by atoms with Crippen LogP contribution in [0.3, 0.4) is 0 Å². The van der Waals surface area contributed by atoms with Crippen molar-refractivity contribution in [2.24, 2.45) is 0 Å². The molecule has 10 aromatic rings. The summed E-state index contributed by atoms with van der Waals surface area (Å²) in [5, 5.41) is 0. The minimum absolute atomic E-state index is 0.162. The van der Waals surface area contributed by atoms with Gasteiger partial charge in [-0.15, -0.1) is 0 Å². The highest BCUT2D eigenvalue weighted by molar-refractivity contribution is 6.85. The van der Waals surface area contributed by atoms with Crippen LogP contribution in [0.1, 0.15) is 12.8 Å². The smallest absolute Gasteiger partial charge is 0.360 e. The van der Waals surface area contributed by atoms with E-state index in [0.717, 1.165) is 103 Å². The minimum Gasteiger partial charge on any atom is -0.360 e. The zero-order chi connectivity index (χ0) is 47.8. The molecule has 6 aromatic carbocycles. The molecule has 0 bridgehead atoms. The second-order valence-electron chi connectivity index (χ2n) is 18.3. The normalized spacial score (nSPS) is 13.9. The van der Waals surface area contributed by atoms with Crippen molar-refractivity contribution in [3.05, 3.63) is 261 Å². The van der Waals surface area contributed by atoms with Crippen LogP contribution < -0.4 is 24.7 Å². The topological polar surface area (TPSA) is 64.5 Å². The summed E-state index contributed by atoms with van der Waals surface area (Å²) in [7, 11) is 0. The van der Waals surface area contributed by atoms with Gasteiger partial charge in [0.2, 0.25) is 0 Å². The molecule has 0 amide bonds. The number of benzene rings is 6. The van der Waals surface area contributed by atoms with Gasteiger partial charge in [-0.3, -0.25) is 19.9 Å². The summed E-state index contributed by atoms with van der Waals surface area (Å²) >= 11 is 0. The van der Waals surface area contributed by atoms with E-state index in [-0.39, 0.29) is 14.0 Å². The first-order valence-corrected chi connectivity index (χ1v) is 24.5. The molecule has 0 spiro atoms. The third-order valence-electron chi connectivity index (χ3n) is 14.1. The quantitative estimate of drug-likeness (QED) is 0.126. The molecule has 0 atom stereocenters. The third-order valence-corrected chi connectivity index (χ3v) is 14.1. The van der Waals surface area contributed by atoms with E-state index < -0.39 is 0 Å². The Morgan fingerprint density at radius 2 is 0.681 bits per heavy atom. The van der Waals surface area contributed by atoms with Crippen LogP contribution in [0.25, 0.3) is 44.5 Å². The minimum atomic E-state index is -0.237. The van der Waals surface area contributed by atoms with Crippen LogP contribution in [0.4, 0.5) is 45.5 Å². The summed E-state index contributed by atoms with van der Waals surface area (Å²) in [5.41, 5.74) is 20.1. The molecule has 0 unspecified atom stereocenters. The predicted molar refractivity (Wildman–Crippen MR) is 298 cm³/mol. The Morgan fingerprint density at radius 3 is 0.986 bits per heavy atom. The molecule has 13 rings (SSSR count). The van der Waals surface area contributed by atoms with Gasteiger partial charge >= 0.3 is 14.0 Å². The van der Waals surface area contributed by atoms with Crippen molar-refractivity contribution < 1.29 is 0 Å². The summed E-state index contributed by atoms with van der Waals surface area (Å²) in [4.78, 5) is 28.0. The molecule has 6 heterocycles. The van der Waals surface area contributed by atoms with Gasteiger partial charge in [-0.1, -0.05) is 127 Å². The number of hydrogen-bond acceptors (Lipinski definition) is 8. The Balaban J connectivity index is 1.05. The molecule has 1 aliphatic carbocycles. The lowest BCUT2D eigenvalue weighted by Gasteiger charge is -2.33. The lowest BCUT2D eigenvalue weighted by Crippen LogP contribution is -2.53. The molecule has 3 aliphatic rings. The average Bonchev–Trinajstić information content (AvgIpc) is 3.99. The fraction of sp³-hybridized carbons (Fsp3) is 0.0323. The zero-order valence-corrected chi connectivity index (χ0v) is 39.4. The Hall–Kier alpha value is -9.27. The van der Waals surface area contributed by atoms with Crippen molar-refractivity contribution in [1.29, 1.82) is 0 Å². The summed E-state index contributed by atoms with van der Waals surface area (Å²) < 4.78 is 0. The molecular weight excluding hydrogens is 878 g/mol. The lowest BCUT2D eigenvalue weighted by atomic mass is 9.61. The summed E-state index contributed by atoms with van der Waals surface area (Å²) in [6.07, 6.45) is 23.8. The van der Waals surface area contributed by atoms with Gasteiger partial charge in [0.1, 0.15) is 0 Å². The SMILES string of the molecule is C1=CCCC(B2N(c3ccc(-c4cccnc4)cc3)c3cc4c(cc3N2c2ccc(-c3cccnc3)cc2)N(c2ccc(-c3cccnc3)cc2)B(c2ccccc2)N4c2ccc(-c3cccnc3)cc2)=C1. The van der Waals surface area contributed by atoms with Crippen molar-refractivity contribution in [2.45, 2.75) is 12.8 Å². The van der Waals surface area contributed by atoms with Crippen molar-refractivity contribution in [1.82, 2.24) is 19.9 Å². The molecule has 0 radical (unpaired) electrons. The van der Waals surface area contributed by atoms with Gasteiger partial charge in [0.15, 0.2) is 0 Å². The molecule has 0 fully saturated rings. The summed E-state index contributed by atoms with van der Waals surface area (Å²) in [6, 6.07) is 68.2. The van der Waals surface area contributed by atoms with Gasteiger partial charge in [-0.2, -0.15) is 0 Å². The lowest BCUT2D eigenvalue weighted by molar-refractivity contribution is 1.00. The zero-order valence-electron chi connectivity index (χ0n) is 39.4. The first kappa shape index (κ1) is 42.8. The first-order valence-electron chi connectivity index (χ1n) is 24.5. The Morgan fingerprint density at radius 1 is 0.333 bits per heavy atom. The Bertz CT molecular complexity index is 3360. The Kier molecular flexibility index (Phi) is 11.0. The highest BCUT2D eigenvalue weighted by Gasteiger charge is 2.49. The standard InChI is InChI=1S/C62H46B2N8/c1-3-15-53(16-4-1)63-69(55-27-19-45(20-28-55)49-11-7-35-65-41-49)59-39-61-62(40-60(59)70(63)56-29-21-46(22-30-56)50-12-8-36-66-42-50)72(58-33-25-48(26-34-58)52-14-10-38-68-44-52)64(54-17-5-2-6-18-54)71(61)57-31-23-47(24-32-57)51-13-9-37-67-43-51/h1-5,7-17,19-44H,6,18H2. The van der Waals surface area contributed by atoms with E-state index in [1.807, 2.05) is 73.8 Å². The van der Waals surface area contributed by atoms with E-state index in [9.17, 15) is 0 Å². The van der Waals surface area contributed by atoms with Crippen LogP contribution in [-0.4, -0.2) is 33.9 Å². The maximum atomic E-state index is 4.44. The van der Waals surface area contributed by atoms with Gasteiger partial charge in [0.05, 0.1) is 22.7 Å². The van der Waals surface area contributed by atoms with Crippen molar-refractivity contribution >= 4 is 64.9 Å². The largest absolute Gasteiger partial charge is 0.420 e. The first-order chi connectivity index (χ1) is 35.7. The number of rotatable bonds is 10. The summed E-state index contributed by atoms with van der Waals surface area (Å²) in [6.45, 7) is -0.399. The number of hydrogen-bond donors (Lipinski definition) is 0. The van der Waals surface area contributed by atoms with E-state index in [2.05, 4.69) is 221 Å². The fourth-order valence-electron chi connectivity index (χ4n) is 10.7. The fourth-order valence-corrected chi connectivity index (χ4v) is 10.7. The molecule has 72 heavy (non-hydrogen) atoms. The van der Waals surface area contributed by atoms with Crippen molar-refractivity contribution in [2.75, 3.05) is 19.2 Å². The maximum absolute atomic E-state index is 4.44. The number of anilines is 8. The monoisotopic (exact) mass is 924 g/mol. The second-order valence-corrected chi connectivity index (χ2v) is 18.3. The molecule has 8 nitrogen and oxygen atoms in total. The van der Waals surface area contributed by atoms with Crippen LogP contribution in [0, 0.1) is 0 Å². The van der Waals surface area contributed by atoms with E-state index >= 15 is 0 Å². The number of allylic oxidation sites excluding steroid dienone is 4.